The fourth-order valence-electron chi connectivity index (χ4n) is 1.97. The van der Waals surface area contributed by atoms with Gasteiger partial charge in [-0.15, -0.1) is 0 Å². The number of fused-ring (bicyclic) bond motifs is 1. The molecule has 5 nitrogen and oxygen atoms in total. The molecule has 0 fully saturated rings. The summed E-state index contributed by atoms with van der Waals surface area (Å²) in [4.78, 5) is 13.8. The van der Waals surface area contributed by atoms with E-state index in [1.54, 1.807) is 24.3 Å². The highest BCUT2D eigenvalue weighted by atomic mass is 35.5. The highest BCUT2D eigenvalue weighted by Crippen LogP contribution is 2.23. The maximum Gasteiger partial charge on any atom is 0.289 e. The summed E-state index contributed by atoms with van der Waals surface area (Å²) < 4.78 is 5.50. The highest BCUT2D eigenvalue weighted by molar-refractivity contribution is 6.31. The van der Waals surface area contributed by atoms with Gasteiger partial charge < -0.3 is 19.5 Å². The van der Waals surface area contributed by atoms with Gasteiger partial charge in [-0.05, 0) is 30.7 Å². The number of benzene rings is 1. The molecule has 0 saturated heterocycles. The SMILES string of the molecule is O=C(c1cc2cc(Cl)ccc2o1)N(CCO)CCCO. The standard InChI is InChI=1S/C14H16ClNO4/c15-11-2-3-12-10(8-11)9-13(20-12)14(19)16(5-7-18)4-1-6-17/h2-3,8-9,17-18H,1,4-7H2. The van der Waals surface area contributed by atoms with Crippen LogP contribution in [0.3, 0.4) is 0 Å². The monoisotopic (exact) mass is 297 g/mol. The van der Waals surface area contributed by atoms with Gasteiger partial charge in [0, 0.05) is 30.1 Å². The van der Waals surface area contributed by atoms with E-state index in [1.807, 2.05) is 0 Å². The summed E-state index contributed by atoms with van der Waals surface area (Å²) in [7, 11) is 0. The van der Waals surface area contributed by atoms with E-state index in [2.05, 4.69) is 0 Å². The van der Waals surface area contributed by atoms with Gasteiger partial charge in [0.1, 0.15) is 5.58 Å². The minimum absolute atomic E-state index is 0.00898. The second-order valence-electron chi connectivity index (χ2n) is 4.39. The second-order valence-corrected chi connectivity index (χ2v) is 4.82. The van der Waals surface area contributed by atoms with Crippen LogP contribution in [0.5, 0.6) is 0 Å². The highest BCUT2D eigenvalue weighted by Gasteiger charge is 2.19. The van der Waals surface area contributed by atoms with Crippen LogP contribution in [-0.2, 0) is 0 Å². The predicted octanol–water partition coefficient (Wildman–Crippen LogP) is 1.90. The average Bonchev–Trinajstić information content (AvgIpc) is 2.85. The van der Waals surface area contributed by atoms with Crippen molar-refractivity contribution in [3.05, 3.63) is 35.0 Å². The van der Waals surface area contributed by atoms with Crippen molar-refractivity contribution in [2.45, 2.75) is 6.42 Å². The van der Waals surface area contributed by atoms with Gasteiger partial charge in [-0.1, -0.05) is 11.6 Å². The molecule has 0 saturated carbocycles. The van der Waals surface area contributed by atoms with Gasteiger partial charge in [-0.3, -0.25) is 4.79 Å². The quantitative estimate of drug-likeness (QED) is 0.854. The van der Waals surface area contributed by atoms with Gasteiger partial charge in [0.25, 0.3) is 5.91 Å². The van der Waals surface area contributed by atoms with E-state index in [-0.39, 0.29) is 31.4 Å². The normalized spacial score (nSPS) is 10.9. The molecule has 1 heterocycles. The number of furan rings is 1. The molecule has 1 aromatic carbocycles. The lowest BCUT2D eigenvalue weighted by atomic mass is 10.2. The first kappa shape index (κ1) is 14.8. The smallest absolute Gasteiger partial charge is 0.289 e. The molecule has 1 aromatic heterocycles. The molecule has 0 bridgehead atoms. The first-order chi connectivity index (χ1) is 9.65. The predicted molar refractivity (Wildman–Crippen MR) is 75.9 cm³/mol. The molecular formula is C14H16ClNO4. The molecule has 2 N–H and O–H groups in total. The van der Waals surface area contributed by atoms with Crippen LogP contribution in [-0.4, -0.2) is 47.3 Å². The van der Waals surface area contributed by atoms with E-state index < -0.39 is 0 Å². The van der Waals surface area contributed by atoms with E-state index in [1.165, 1.54) is 4.90 Å². The van der Waals surface area contributed by atoms with Crippen LogP contribution in [0.4, 0.5) is 0 Å². The van der Waals surface area contributed by atoms with Crippen molar-refractivity contribution in [3.8, 4) is 0 Å². The molecular weight excluding hydrogens is 282 g/mol. The molecule has 0 aliphatic heterocycles. The van der Waals surface area contributed by atoms with Crippen molar-refractivity contribution in [2.75, 3.05) is 26.3 Å². The van der Waals surface area contributed by atoms with Crippen LogP contribution >= 0.6 is 11.6 Å². The van der Waals surface area contributed by atoms with Crippen LogP contribution in [0.15, 0.2) is 28.7 Å². The summed E-state index contributed by atoms with van der Waals surface area (Å²) in [5, 5.41) is 19.2. The molecule has 108 valence electrons. The van der Waals surface area contributed by atoms with Crippen molar-refractivity contribution in [3.63, 3.8) is 0 Å². The Labute approximate surface area is 121 Å². The number of hydrogen-bond acceptors (Lipinski definition) is 4. The largest absolute Gasteiger partial charge is 0.451 e. The maximum absolute atomic E-state index is 12.3. The van der Waals surface area contributed by atoms with Crippen molar-refractivity contribution in [2.24, 2.45) is 0 Å². The van der Waals surface area contributed by atoms with Gasteiger partial charge in [0.05, 0.1) is 6.61 Å². The third kappa shape index (κ3) is 3.30. The Balaban J connectivity index is 2.23. The summed E-state index contributed by atoms with van der Waals surface area (Å²) in [6.45, 7) is 0.429. The Bertz CT molecular complexity index is 596. The summed E-state index contributed by atoms with van der Waals surface area (Å²) in [6.07, 6.45) is 0.456. The maximum atomic E-state index is 12.3. The molecule has 2 rings (SSSR count). The Kier molecular flexibility index (Phi) is 5.00. The fraction of sp³-hybridized carbons (Fsp3) is 0.357. The van der Waals surface area contributed by atoms with Gasteiger partial charge in [-0.2, -0.15) is 0 Å². The van der Waals surface area contributed by atoms with Crippen molar-refractivity contribution < 1.29 is 19.4 Å². The van der Waals surface area contributed by atoms with E-state index >= 15 is 0 Å². The third-order valence-electron chi connectivity index (χ3n) is 2.93. The van der Waals surface area contributed by atoms with Crippen molar-refractivity contribution >= 4 is 28.5 Å². The number of halogens is 1. The minimum Gasteiger partial charge on any atom is -0.451 e. The van der Waals surface area contributed by atoms with Gasteiger partial charge in [0.2, 0.25) is 0 Å². The molecule has 1 amide bonds. The molecule has 0 unspecified atom stereocenters. The number of amides is 1. The Hall–Kier alpha value is -1.56. The molecule has 0 spiro atoms. The Morgan fingerprint density at radius 1 is 1.20 bits per heavy atom. The lowest BCUT2D eigenvalue weighted by Gasteiger charge is -2.19. The van der Waals surface area contributed by atoms with E-state index in [4.69, 9.17) is 26.2 Å². The molecule has 2 aromatic rings. The number of carbonyl (C=O) groups is 1. The topological polar surface area (TPSA) is 73.9 Å². The Morgan fingerprint density at radius 3 is 2.70 bits per heavy atom. The minimum atomic E-state index is -0.306. The molecule has 20 heavy (non-hydrogen) atoms. The van der Waals surface area contributed by atoms with Crippen LogP contribution in [0.1, 0.15) is 17.0 Å². The van der Waals surface area contributed by atoms with Crippen LogP contribution < -0.4 is 0 Å². The zero-order valence-corrected chi connectivity index (χ0v) is 11.6. The number of aliphatic hydroxyl groups excluding tert-OH is 2. The zero-order valence-electron chi connectivity index (χ0n) is 10.9. The first-order valence-corrected chi connectivity index (χ1v) is 6.73. The Morgan fingerprint density at radius 2 is 2.00 bits per heavy atom. The third-order valence-corrected chi connectivity index (χ3v) is 3.17. The van der Waals surface area contributed by atoms with E-state index in [0.29, 0.717) is 23.6 Å². The van der Waals surface area contributed by atoms with Gasteiger partial charge >= 0.3 is 0 Å². The first-order valence-electron chi connectivity index (χ1n) is 6.36. The molecule has 0 atom stereocenters. The molecule has 0 aliphatic carbocycles. The average molecular weight is 298 g/mol. The summed E-state index contributed by atoms with van der Waals surface area (Å²) >= 11 is 5.89. The number of nitrogens with zero attached hydrogens (tertiary/aromatic N) is 1. The van der Waals surface area contributed by atoms with Crippen LogP contribution in [0.2, 0.25) is 5.02 Å². The second kappa shape index (κ2) is 6.74. The van der Waals surface area contributed by atoms with Crippen molar-refractivity contribution in [1.82, 2.24) is 4.90 Å². The number of hydrogen-bond donors (Lipinski definition) is 2. The summed E-state index contributed by atoms with van der Waals surface area (Å²) in [5.74, 6) is -0.103. The fourth-order valence-corrected chi connectivity index (χ4v) is 2.15. The number of aliphatic hydroxyl groups is 2. The summed E-state index contributed by atoms with van der Waals surface area (Å²) in [5.41, 5.74) is 0.587. The molecule has 0 aliphatic rings. The summed E-state index contributed by atoms with van der Waals surface area (Å²) in [6, 6.07) is 6.76. The van der Waals surface area contributed by atoms with Gasteiger partial charge in [0.15, 0.2) is 5.76 Å². The van der Waals surface area contributed by atoms with Crippen LogP contribution in [0, 0.1) is 0 Å². The number of carbonyl (C=O) groups excluding carboxylic acids is 1. The lowest BCUT2D eigenvalue weighted by molar-refractivity contribution is 0.0681. The van der Waals surface area contributed by atoms with Crippen LogP contribution in [0.25, 0.3) is 11.0 Å². The van der Waals surface area contributed by atoms with Crippen molar-refractivity contribution in [1.29, 1.82) is 0 Å². The van der Waals surface area contributed by atoms with E-state index in [0.717, 1.165) is 5.39 Å². The zero-order chi connectivity index (χ0) is 14.5. The molecule has 6 heteroatoms. The van der Waals surface area contributed by atoms with E-state index in [9.17, 15) is 4.79 Å². The lowest BCUT2D eigenvalue weighted by Crippen LogP contribution is -2.34. The number of rotatable bonds is 6. The molecule has 0 radical (unpaired) electrons. The van der Waals surface area contributed by atoms with Gasteiger partial charge in [-0.25, -0.2) is 0 Å².